The molecule has 0 aliphatic carbocycles. The summed E-state index contributed by atoms with van der Waals surface area (Å²) in [6.45, 7) is 6.90. The predicted octanol–water partition coefficient (Wildman–Crippen LogP) is 2.07. The Balaban J connectivity index is 0. The Morgan fingerprint density at radius 3 is 2.00 bits per heavy atom. The van der Waals surface area contributed by atoms with Crippen molar-refractivity contribution in [1.82, 2.24) is 0 Å². The van der Waals surface area contributed by atoms with Crippen LogP contribution in [-0.2, 0) is 18.2 Å². The molecule has 0 nitrogen and oxygen atoms in total. The molecule has 2 heteroatoms. The Hall–Kier alpha value is 0.692. The van der Waals surface area contributed by atoms with Crippen molar-refractivity contribution in [2.75, 3.05) is 0 Å². The Kier molecular flexibility index (Phi) is 28.4. The van der Waals surface area contributed by atoms with Gasteiger partial charge < -0.3 is 6.58 Å². The molecule has 0 aromatic heterocycles. The van der Waals surface area contributed by atoms with Gasteiger partial charge in [-0.2, -0.15) is 0 Å². The van der Waals surface area contributed by atoms with Crippen LogP contribution in [-0.4, -0.2) is 0 Å². The Bertz CT molecular complexity index is 21.5. The van der Waals surface area contributed by atoms with Crippen molar-refractivity contribution >= 4 is 9.53 Å². The maximum absolute atomic E-state index is 4.90. The van der Waals surface area contributed by atoms with E-state index in [0.29, 0.717) is 0 Å². The van der Waals surface area contributed by atoms with Crippen LogP contribution in [0.3, 0.4) is 0 Å². The molecule has 0 aromatic rings. The number of rotatable bonds is 1. The van der Waals surface area contributed by atoms with E-state index in [4.69, 9.17) is 6.58 Å². The zero-order chi connectivity index (χ0) is 5.41. The average Bonchev–Trinajstić information content (AvgIpc) is 1.72. The quantitative estimate of drug-likeness (QED) is 0.445. The van der Waals surface area contributed by atoms with Crippen LogP contribution in [0.1, 0.15) is 13.3 Å². The monoisotopic (exact) mass is 196 g/mol. The van der Waals surface area contributed by atoms with Gasteiger partial charge in [0.15, 0.2) is 0 Å². The molecule has 0 amide bonds. The van der Waals surface area contributed by atoms with E-state index < -0.39 is 0 Å². The van der Waals surface area contributed by atoms with E-state index in [2.05, 4.69) is 27.7 Å². The van der Waals surface area contributed by atoms with Crippen molar-refractivity contribution in [3.05, 3.63) is 12.7 Å². The molecule has 0 atom stereocenters. The molecule has 0 rings (SSSR count). The van der Waals surface area contributed by atoms with E-state index in [1.165, 1.54) is 0 Å². The van der Waals surface area contributed by atoms with Crippen molar-refractivity contribution in [3.8, 4) is 0 Å². The molecule has 6 heavy (non-hydrogen) atoms. The summed E-state index contributed by atoms with van der Waals surface area (Å²) in [5, 5.41) is 0. The first-order valence-electron chi connectivity index (χ1n) is 1.57. The van der Waals surface area contributed by atoms with Crippen molar-refractivity contribution in [3.63, 3.8) is 0 Å². The summed E-state index contributed by atoms with van der Waals surface area (Å²) in [6, 6.07) is 0. The second-order valence-electron chi connectivity index (χ2n) is 0.644. The first-order chi connectivity index (χ1) is 2.91. The molecule has 0 unspecified atom stereocenters. The van der Waals surface area contributed by atoms with Crippen molar-refractivity contribution in [1.29, 1.82) is 0 Å². The topological polar surface area (TPSA) is 0 Å². The SMILES string of the molecule is [CH-]=CCC.[Cl][Pd+]. The van der Waals surface area contributed by atoms with Gasteiger partial charge >= 0.3 is 27.7 Å². The van der Waals surface area contributed by atoms with E-state index in [9.17, 15) is 0 Å². The average molecular weight is 197 g/mol. The molecular formula is C4H7ClPd. The Morgan fingerprint density at radius 1 is 1.83 bits per heavy atom. The Morgan fingerprint density at radius 2 is 2.00 bits per heavy atom. The molecule has 0 spiro atoms. The number of halogens is 1. The van der Waals surface area contributed by atoms with Crippen LogP contribution in [0.5, 0.6) is 0 Å². The minimum absolute atomic E-state index is 0.972. The van der Waals surface area contributed by atoms with E-state index in [1.807, 2.05) is 6.92 Å². The van der Waals surface area contributed by atoms with E-state index in [1.54, 1.807) is 6.08 Å². The number of allylic oxidation sites excluding steroid dienone is 1. The van der Waals surface area contributed by atoms with Gasteiger partial charge in [-0.1, -0.05) is 13.3 Å². The molecule has 0 saturated carbocycles. The maximum atomic E-state index is 4.90. The van der Waals surface area contributed by atoms with Gasteiger partial charge in [0.1, 0.15) is 0 Å². The first-order valence-corrected chi connectivity index (χ1v) is 3.57. The molecule has 0 radical (unpaired) electrons. The van der Waals surface area contributed by atoms with Gasteiger partial charge in [-0.25, -0.2) is 0 Å². The van der Waals surface area contributed by atoms with Gasteiger partial charge in [-0.05, 0) is 0 Å². The predicted molar refractivity (Wildman–Crippen MR) is 25.0 cm³/mol. The molecule has 0 bridgehead atoms. The van der Waals surface area contributed by atoms with E-state index in [-0.39, 0.29) is 0 Å². The molecule has 40 valence electrons. The van der Waals surface area contributed by atoms with Crippen LogP contribution in [0.4, 0.5) is 0 Å². The molecule has 0 aromatic carbocycles. The van der Waals surface area contributed by atoms with Crippen LogP contribution in [0, 0.1) is 6.58 Å². The molecular weight excluding hydrogens is 190 g/mol. The molecule has 0 aliphatic rings. The molecule has 0 aliphatic heterocycles. The molecule has 0 N–H and O–H groups in total. The molecule has 0 saturated heterocycles. The summed E-state index contributed by atoms with van der Waals surface area (Å²) in [5.41, 5.74) is 0. The van der Waals surface area contributed by atoms with E-state index in [0.717, 1.165) is 6.42 Å². The first kappa shape index (κ1) is 9.85. The number of hydrogen-bond donors (Lipinski definition) is 0. The fourth-order valence-electron chi connectivity index (χ4n) is 0. The summed E-state index contributed by atoms with van der Waals surface area (Å²) in [7, 11) is 4.49. The van der Waals surface area contributed by atoms with Crippen LogP contribution >= 0.6 is 9.53 Å². The van der Waals surface area contributed by atoms with Gasteiger partial charge in [-0.3, -0.25) is 6.08 Å². The second kappa shape index (κ2) is 17.3. The fourth-order valence-corrected chi connectivity index (χ4v) is 0. The van der Waals surface area contributed by atoms with Crippen molar-refractivity contribution in [2.45, 2.75) is 13.3 Å². The second-order valence-corrected chi connectivity index (χ2v) is 0.644. The van der Waals surface area contributed by atoms with Gasteiger partial charge in [0.05, 0.1) is 0 Å². The van der Waals surface area contributed by atoms with Crippen LogP contribution in [0.15, 0.2) is 6.08 Å². The summed E-state index contributed by atoms with van der Waals surface area (Å²) in [5.74, 6) is 0. The third-order valence-electron chi connectivity index (χ3n) is 0.236. The van der Waals surface area contributed by atoms with Gasteiger partial charge in [-0.15, -0.1) is 0 Å². The van der Waals surface area contributed by atoms with Crippen molar-refractivity contribution < 1.29 is 18.2 Å². The summed E-state index contributed by atoms with van der Waals surface area (Å²) < 4.78 is 0. The van der Waals surface area contributed by atoms with E-state index >= 15 is 0 Å². The minimum atomic E-state index is 0.972. The number of hydrogen-bond acceptors (Lipinski definition) is 0. The molecule has 0 fully saturated rings. The third kappa shape index (κ3) is 22.3. The van der Waals surface area contributed by atoms with Gasteiger partial charge in [0.2, 0.25) is 0 Å². The van der Waals surface area contributed by atoms with Crippen LogP contribution in [0.2, 0.25) is 0 Å². The standard InChI is InChI=1S/C4H7.ClH.Pd/c1-3-4-2;;/h1,3H,4H2,2H3;1H;/q-1;;+2/p-1. The molecule has 0 heterocycles. The summed E-state index contributed by atoms with van der Waals surface area (Å²) in [4.78, 5) is 0. The zero-order valence-electron chi connectivity index (χ0n) is 3.56. The Labute approximate surface area is 54.0 Å². The fraction of sp³-hybridized carbons (Fsp3) is 0.500. The third-order valence-corrected chi connectivity index (χ3v) is 0.236. The van der Waals surface area contributed by atoms with Gasteiger partial charge in [0, 0.05) is 0 Å². The van der Waals surface area contributed by atoms with Crippen LogP contribution in [0.25, 0.3) is 0 Å². The zero-order valence-corrected chi connectivity index (χ0v) is 5.87. The summed E-state index contributed by atoms with van der Waals surface area (Å²) >= 11 is 2.22. The van der Waals surface area contributed by atoms with Crippen molar-refractivity contribution in [2.24, 2.45) is 0 Å². The van der Waals surface area contributed by atoms with Crippen LogP contribution < -0.4 is 0 Å². The summed E-state index contributed by atoms with van der Waals surface area (Å²) in [6.07, 6.45) is 2.60. The van der Waals surface area contributed by atoms with Gasteiger partial charge in [0.25, 0.3) is 0 Å². The normalized spacial score (nSPS) is 5.33.